The molecule has 0 saturated heterocycles. The van der Waals surface area contributed by atoms with Gasteiger partial charge >= 0.3 is 0 Å². The van der Waals surface area contributed by atoms with Gasteiger partial charge in [-0.25, -0.2) is 0 Å². The van der Waals surface area contributed by atoms with Crippen molar-refractivity contribution in [2.45, 2.75) is 110 Å². The maximum atomic E-state index is 11.8. The third kappa shape index (κ3) is 3.80. The highest BCUT2D eigenvalue weighted by molar-refractivity contribution is 6.74. The van der Waals surface area contributed by atoms with E-state index in [2.05, 4.69) is 67.3 Å². The van der Waals surface area contributed by atoms with Crippen LogP contribution in [-0.4, -0.2) is 36.8 Å². The van der Waals surface area contributed by atoms with Crippen LogP contribution in [0.4, 0.5) is 0 Å². The predicted octanol–water partition coefficient (Wildman–Crippen LogP) is 6.23. The molecular formula is C26H46O3Si. The lowest BCUT2D eigenvalue weighted by Gasteiger charge is -2.61. The zero-order valence-corrected chi connectivity index (χ0v) is 21.8. The molecule has 2 saturated carbocycles. The summed E-state index contributed by atoms with van der Waals surface area (Å²) in [4.78, 5) is 0. The lowest BCUT2D eigenvalue weighted by Crippen LogP contribution is -2.59. The SMILES string of the molecule is C=C(CO)[C@@]1(O)C=C2CC[C@H]3C(C)(C)CCC[C@]3(C)[C@H]2C[C@@H]1O[Si](C)(C)C(C)(C)C. The van der Waals surface area contributed by atoms with Gasteiger partial charge in [-0.2, -0.15) is 0 Å². The summed E-state index contributed by atoms with van der Waals surface area (Å²) in [5, 5.41) is 21.8. The maximum absolute atomic E-state index is 11.8. The first-order valence-corrected chi connectivity index (χ1v) is 14.9. The highest BCUT2D eigenvalue weighted by atomic mass is 28.4. The van der Waals surface area contributed by atoms with Crippen LogP contribution >= 0.6 is 0 Å². The van der Waals surface area contributed by atoms with Crippen molar-refractivity contribution in [2.24, 2.45) is 22.7 Å². The van der Waals surface area contributed by atoms with Crippen LogP contribution in [0.5, 0.6) is 0 Å². The Morgan fingerprint density at radius 2 is 1.87 bits per heavy atom. The molecular weight excluding hydrogens is 388 g/mol. The molecule has 3 aliphatic rings. The molecule has 3 rings (SSSR count). The van der Waals surface area contributed by atoms with Crippen LogP contribution in [0, 0.1) is 22.7 Å². The molecule has 4 heteroatoms. The lowest BCUT2D eigenvalue weighted by atomic mass is 9.45. The monoisotopic (exact) mass is 434 g/mol. The first-order valence-electron chi connectivity index (χ1n) is 12.0. The van der Waals surface area contributed by atoms with E-state index in [0.29, 0.717) is 22.8 Å². The van der Waals surface area contributed by atoms with E-state index in [-0.39, 0.29) is 23.2 Å². The van der Waals surface area contributed by atoms with Gasteiger partial charge in [0.1, 0.15) is 5.60 Å². The topological polar surface area (TPSA) is 49.7 Å². The predicted molar refractivity (Wildman–Crippen MR) is 128 cm³/mol. The Labute approximate surface area is 186 Å². The summed E-state index contributed by atoms with van der Waals surface area (Å²) in [7, 11) is -2.10. The molecule has 0 radical (unpaired) electrons. The second-order valence-electron chi connectivity index (χ2n) is 12.9. The molecule has 3 aliphatic carbocycles. The Kier molecular flexibility index (Phi) is 6.11. The van der Waals surface area contributed by atoms with Crippen molar-refractivity contribution in [3.8, 4) is 0 Å². The summed E-state index contributed by atoms with van der Waals surface area (Å²) < 4.78 is 6.88. The van der Waals surface area contributed by atoms with E-state index in [1.807, 2.05) is 0 Å². The molecule has 2 N–H and O–H groups in total. The van der Waals surface area contributed by atoms with E-state index in [4.69, 9.17) is 4.43 Å². The van der Waals surface area contributed by atoms with Gasteiger partial charge in [0.15, 0.2) is 8.32 Å². The highest BCUT2D eigenvalue weighted by Gasteiger charge is 2.58. The molecule has 0 bridgehead atoms. The fourth-order valence-corrected chi connectivity index (χ4v) is 8.04. The van der Waals surface area contributed by atoms with Crippen LogP contribution in [-0.2, 0) is 4.43 Å². The first-order chi connectivity index (χ1) is 13.6. The molecule has 0 aromatic heterocycles. The molecule has 0 aliphatic heterocycles. The standard InChI is InChI=1S/C26H46O3Si/c1-18(17-27)26(28)16-19-11-12-21-24(5,6)13-10-14-25(21,7)20(19)15-22(26)29-30(8,9)23(2,3)4/h16,20-22,27-28H,1,10-15,17H2,2-9H3/t20-,21-,22-,25+,26-/m0/s1. The van der Waals surface area contributed by atoms with Gasteiger partial charge in [0.25, 0.3) is 0 Å². The lowest BCUT2D eigenvalue weighted by molar-refractivity contribution is -0.0929. The zero-order chi connectivity index (χ0) is 22.8. The van der Waals surface area contributed by atoms with Crippen molar-refractivity contribution >= 4 is 8.32 Å². The van der Waals surface area contributed by atoms with Gasteiger partial charge < -0.3 is 14.6 Å². The largest absolute Gasteiger partial charge is 0.410 e. The molecule has 0 heterocycles. The van der Waals surface area contributed by atoms with Gasteiger partial charge in [0.2, 0.25) is 0 Å². The van der Waals surface area contributed by atoms with Crippen molar-refractivity contribution in [1.82, 2.24) is 0 Å². The molecule has 2 fully saturated rings. The van der Waals surface area contributed by atoms with Gasteiger partial charge in [-0.05, 0) is 84.6 Å². The van der Waals surface area contributed by atoms with Crippen LogP contribution in [0.2, 0.25) is 18.1 Å². The van der Waals surface area contributed by atoms with E-state index in [0.717, 1.165) is 12.8 Å². The minimum Gasteiger partial charge on any atom is -0.410 e. The van der Waals surface area contributed by atoms with Crippen LogP contribution in [0.1, 0.15) is 80.1 Å². The van der Waals surface area contributed by atoms with E-state index < -0.39 is 13.9 Å². The number of aliphatic hydroxyl groups excluding tert-OH is 1. The molecule has 0 unspecified atom stereocenters. The van der Waals surface area contributed by atoms with Crippen molar-refractivity contribution in [3.63, 3.8) is 0 Å². The van der Waals surface area contributed by atoms with E-state index in [1.54, 1.807) is 0 Å². The Bertz CT molecular complexity index is 716. The Morgan fingerprint density at radius 3 is 2.43 bits per heavy atom. The number of hydrogen-bond donors (Lipinski definition) is 2. The molecule has 5 atom stereocenters. The van der Waals surface area contributed by atoms with Crippen LogP contribution in [0.15, 0.2) is 23.8 Å². The van der Waals surface area contributed by atoms with Gasteiger partial charge in [-0.3, -0.25) is 0 Å². The van der Waals surface area contributed by atoms with Gasteiger partial charge in [-0.15, -0.1) is 0 Å². The van der Waals surface area contributed by atoms with Gasteiger partial charge in [-0.1, -0.05) is 60.1 Å². The van der Waals surface area contributed by atoms with Crippen LogP contribution in [0.3, 0.4) is 0 Å². The Morgan fingerprint density at radius 1 is 1.23 bits per heavy atom. The minimum atomic E-state index is -2.10. The summed E-state index contributed by atoms with van der Waals surface area (Å²) in [6.07, 6.45) is 8.64. The summed E-state index contributed by atoms with van der Waals surface area (Å²) >= 11 is 0. The average molecular weight is 435 g/mol. The fourth-order valence-electron chi connectivity index (χ4n) is 6.70. The molecule has 0 amide bonds. The van der Waals surface area contributed by atoms with E-state index >= 15 is 0 Å². The van der Waals surface area contributed by atoms with Crippen molar-refractivity contribution < 1.29 is 14.6 Å². The van der Waals surface area contributed by atoms with Gasteiger partial charge in [0.05, 0.1) is 12.7 Å². The van der Waals surface area contributed by atoms with Crippen LogP contribution < -0.4 is 0 Å². The quantitative estimate of drug-likeness (QED) is 0.407. The number of fused-ring (bicyclic) bond motifs is 3. The molecule has 0 aromatic carbocycles. The molecule has 30 heavy (non-hydrogen) atoms. The Hall–Kier alpha value is -0.423. The second-order valence-corrected chi connectivity index (χ2v) is 17.7. The third-order valence-corrected chi connectivity index (χ3v) is 14.1. The third-order valence-electron chi connectivity index (χ3n) is 9.59. The fraction of sp³-hybridized carbons (Fsp3) is 0.846. The number of rotatable bonds is 4. The number of hydrogen-bond acceptors (Lipinski definition) is 3. The minimum absolute atomic E-state index is 0.0598. The number of aliphatic hydroxyl groups is 2. The highest BCUT2D eigenvalue weighted by Crippen LogP contribution is 2.63. The maximum Gasteiger partial charge on any atom is 0.192 e. The molecule has 172 valence electrons. The summed E-state index contributed by atoms with van der Waals surface area (Å²) in [5.74, 6) is 1.15. The smallest absolute Gasteiger partial charge is 0.192 e. The first kappa shape index (κ1) is 24.2. The van der Waals surface area contributed by atoms with Crippen molar-refractivity contribution in [1.29, 1.82) is 0 Å². The van der Waals surface area contributed by atoms with Crippen molar-refractivity contribution in [3.05, 3.63) is 23.8 Å². The van der Waals surface area contributed by atoms with E-state index in [1.165, 1.54) is 31.3 Å². The van der Waals surface area contributed by atoms with E-state index in [9.17, 15) is 10.2 Å². The molecule has 0 aromatic rings. The Balaban J connectivity index is 2.04. The van der Waals surface area contributed by atoms with Crippen LogP contribution in [0.25, 0.3) is 0 Å². The number of allylic oxidation sites excluding steroid dienone is 1. The second kappa shape index (κ2) is 7.57. The summed E-state index contributed by atoms with van der Waals surface area (Å²) in [6.45, 7) is 22.5. The average Bonchev–Trinajstić information content (AvgIpc) is 2.60. The molecule has 3 nitrogen and oxygen atoms in total. The van der Waals surface area contributed by atoms with Gasteiger partial charge in [0, 0.05) is 0 Å². The summed E-state index contributed by atoms with van der Waals surface area (Å²) in [5.41, 5.74) is 1.19. The normalized spacial score (nSPS) is 39.0. The van der Waals surface area contributed by atoms with Crippen molar-refractivity contribution in [2.75, 3.05) is 6.61 Å². The zero-order valence-electron chi connectivity index (χ0n) is 20.8. The molecule has 0 spiro atoms. The summed E-state index contributed by atoms with van der Waals surface area (Å²) in [6, 6.07) is 0.